The third-order valence-corrected chi connectivity index (χ3v) is 3.61. The number of allylic oxidation sites excluding steroid dienone is 1. The van der Waals surface area contributed by atoms with Gasteiger partial charge in [-0.3, -0.25) is 9.59 Å². The molecule has 138 valence electrons. The van der Waals surface area contributed by atoms with E-state index in [9.17, 15) is 19.8 Å². The van der Waals surface area contributed by atoms with Gasteiger partial charge in [-0.2, -0.15) is 0 Å². The van der Waals surface area contributed by atoms with Crippen molar-refractivity contribution in [1.29, 1.82) is 0 Å². The van der Waals surface area contributed by atoms with Gasteiger partial charge in [-0.15, -0.1) is 0 Å². The lowest BCUT2D eigenvalue weighted by Gasteiger charge is -2.15. The predicted molar refractivity (Wildman–Crippen MR) is 95.1 cm³/mol. The Bertz CT molecular complexity index is 571. The molecule has 0 fully saturated rings. The Hall–Kier alpha value is -2.34. The second-order valence-electron chi connectivity index (χ2n) is 5.81. The summed E-state index contributed by atoms with van der Waals surface area (Å²) in [6.07, 6.45) is 7.01. The fourth-order valence-corrected chi connectivity index (χ4v) is 2.31. The molecule has 1 aromatic carbocycles. The van der Waals surface area contributed by atoms with Crippen LogP contribution in [0, 0.1) is 0 Å². The number of carbonyl (C=O) groups excluding carboxylic acids is 2. The van der Waals surface area contributed by atoms with Crippen molar-refractivity contribution in [2.45, 2.75) is 45.1 Å². The number of hydrogen-bond donors (Lipinski definition) is 3. The average molecular weight is 349 g/mol. The molecule has 3 N–H and O–H groups in total. The molecule has 1 rings (SSSR count). The van der Waals surface area contributed by atoms with Crippen LogP contribution in [0.15, 0.2) is 36.4 Å². The van der Waals surface area contributed by atoms with Crippen LogP contribution in [-0.4, -0.2) is 41.3 Å². The van der Waals surface area contributed by atoms with Gasteiger partial charge in [0.25, 0.3) is 0 Å². The van der Waals surface area contributed by atoms with Crippen LogP contribution in [0.25, 0.3) is 0 Å². The van der Waals surface area contributed by atoms with E-state index < -0.39 is 6.04 Å². The molecule has 1 atom stereocenters. The zero-order chi connectivity index (χ0) is 18.5. The van der Waals surface area contributed by atoms with E-state index in [-0.39, 0.29) is 24.2 Å². The van der Waals surface area contributed by atoms with Gasteiger partial charge in [-0.25, -0.2) is 0 Å². The van der Waals surface area contributed by atoms with Crippen LogP contribution in [0.3, 0.4) is 0 Å². The Morgan fingerprint density at radius 2 is 2.00 bits per heavy atom. The highest BCUT2D eigenvalue weighted by atomic mass is 16.5. The van der Waals surface area contributed by atoms with E-state index in [0.717, 1.165) is 25.7 Å². The van der Waals surface area contributed by atoms with Crippen LogP contribution in [0.2, 0.25) is 0 Å². The van der Waals surface area contributed by atoms with E-state index in [4.69, 9.17) is 4.74 Å². The van der Waals surface area contributed by atoms with Crippen molar-refractivity contribution >= 4 is 11.9 Å². The van der Waals surface area contributed by atoms with Crippen LogP contribution in [0.4, 0.5) is 0 Å². The number of carbonyl (C=O) groups is 2. The van der Waals surface area contributed by atoms with Crippen LogP contribution in [-0.2, 0) is 20.7 Å². The number of phenolic OH excluding ortho intramolecular Hbond substituents is 1. The monoisotopic (exact) mass is 349 g/mol. The van der Waals surface area contributed by atoms with Crippen molar-refractivity contribution in [2.24, 2.45) is 0 Å². The first kappa shape index (κ1) is 20.7. The van der Waals surface area contributed by atoms with Crippen molar-refractivity contribution in [3.05, 3.63) is 42.0 Å². The second kappa shape index (κ2) is 12.1. The Morgan fingerprint density at radius 1 is 1.24 bits per heavy atom. The van der Waals surface area contributed by atoms with Crippen LogP contribution in [0.1, 0.15) is 38.2 Å². The molecule has 0 bridgehead atoms. The molecule has 0 aliphatic rings. The number of aliphatic hydroxyl groups excluding tert-OH is 1. The maximum Gasteiger partial charge on any atom is 0.302 e. The molecule has 0 unspecified atom stereocenters. The maximum absolute atomic E-state index is 11.9. The second-order valence-corrected chi connectivity index (χ2v) is 5.81. The Morgan fingerprint density at radius 3 is 2.68 bits per heavy atom. The largest absolute Gasteiger partial charge is 0.508 e. The molecule has 0 aliphatic carbocycles. The van der Waals surface area contributed by atoms with E-state index in [0.29, 0.717) is 18.6 Å². The molecule has 0 spiro atoms. The summed E-state index contributed by atoms with van der Waals surface area (Å²) in [5, 5.41) is 21.9. The Labute approximate surface area is 148 Å². The fraction of sp³-hybridized carbons (Fsp3) is 0.474. The molecular formula is C19H27NO5. The smallest absolute Gasteiger partial charge is 0.302 e. The van der Waals surface area contributed by atoms with Crippen molar-refractivity contribution < 1.29 is 24.5 Å². The number of benzene rings is 1. The number of esters is 1. The summed E-state index contributed by atoms with van der Waals surface area (Å²) < 4.78 is 4.84. The van der Waals surface area contributed by atoms with Gasteiger partial charge < -0.3 is 20.3 Å². The van der Waals surface area contributed by atoms with Crippen molar-refractivity contribution in [2.75, 3.05) is 13.2 Å². The third-order valence-electron chi connectivity index (χ3n) is 3.61. The number of hydrogen-bond acceptors (Lipinski definition) is 5. The number of nitrogens with one attached hydrogen (secondary N) is 1. The molecule has 25 heavy (non-hydrogen) atoms. The number of ether oxygens (including phenoxy) is 1. The normalized spacial score (nSPS) is 12.1. The number of unbranched alkanes of at least 4 members (excludes halogenated alkanes) is 3. The summed E-state index contributed by atoms with van der Waals surface area (Å²) in [6.45, 7) is 1.62. The topological polar surface area (TPSA) is 95.9 Å². The van der Waals surface area contributed by atoms with Crippen LogP contribution in [0.5, 0.6) is 5.75 Å². The number of aliphatic hydroxyl groups is 1. The summed E-state index contributed by atoms with van der Waals surface area (Å²) in [5.74, 6) is -0.382. The third kappa shape index (κ3) is 9.52. The molecule has 6 heteroatoms. The summed E-state index contributed by atoms with van der Waals surface area (Å²) >= 11 is 0. The minimum Gasteiger partial charge on any atom is -0.508 e. The van der Waals surface area contributed by atoms with E-state index >= 15 is 0 Å². The van der Waals surface area contributed by atoms with Gasteiger partial charge in [0, 0.05) is 6.92 Å². The van der Waals surface area contributed by atoms with Gasteiger partial charge in [0.15, 0.2) is 0 Å². The summed E-state index contributed by atoms with van der Waals surface area (Å²) in [4.78, 5) is 22.5. The van der Waals surface area contributed by atoms with Crippen LogP contribution < -0.4 is 5.32 Å². The van der Waals surface area contributed by atoms with Gasteiger partial charge in [0.05, 0.1) is 19.3 Å². The lowest BCUT2D eigenvalue weighted by Crippen LogP contribution is -2.38. The minimum absolute atomic E-state index is 0.152. The lowest BCUT2D eigenvalue weighted by atomic mass is 10.1. The number of phenols is 1. The van der Waals surface area contributed by atoms with E-state index in [1.165, 1.54) is 13.0 Å². The fourth-order valence-electron chi connectivity index (χ4n) is 2.31. The predicted octanol–water partition coefficient (Wildman–Crippen LogP) is 2.09. The van der Waals surface area contributed by atoms with Gasteiger partial charge in [-0.1, -0.05) is 24.3 Å². The van der Waals surface area contributed by atoms with Gasteiger partial charge in [-0.05, 0) is 49.8 Å². The SMILES string of the molecule is CC(=O)OCCCCC/C=C/C(=O)N[C@H](CO)Cc1ccccc1O. The average Bonchev–Trinajstić information content (AvgIpc) is 2.58. The molecule has 6 nitrogen and oxygen atoms in total. The Kier molecular flexibility index (Phi) is 10.0. The summed E-state index contributed by atoms with van der Waals surface area (Å²) in [7, 11) is 0. The number of amides is 1. The van der Waals surface area contributed by atoms with Crippen LogP contribution >= 0.6 is 0 Å². The summed E-state index contributed by atoms with van der Waals surface area (Å²) in [6, 6.07) is 6.41. The van der Waals surface area contributed by atoms with Crippen molar-refractivity contribution in [3.63, 3.8) is 0 Å². The zero-order valence-electron chi connectivity index (χ0n) is 14.6. The standard InChI is InChI=1S/C19H27NO5/c1-15(22)25-12-8-4-2-3-5-11-19(24)20-17(14-21)13-16-9-6-7-10-18(16)23/h5-7,9-11,17,21,23H,2-4,8,12-14H2,1H3,(H,20,24)/b11-5+/t17-/m0/s1. The molecule has 0 radical (unpaired) electrons. The molecule has 1 amide bonds. The van der Waals surface area contributed by atoms with Crippen molar-refractivity contribution in [3.8, 4) is 5.75 Å². The first-order valence-corrected chi connectivity index (χ1v) is 8.51. The minimum atomic E-state index is -0.450. The molecule has 0 saturated carbocycles. The maximum atomic E-state index is 11.9. The number of para-hydroxylation sites is 1. The van der Waals surface area contributed by atoms with Crippen molar-refractivity contribution in [1.82, 2.24) is 5.32 Å². The van der Waals surface area contributed by atoms with E-state index in [1.807, 2.05) is 0 Å². The van der Waals surface area contributed by atoms with E-state index in [1.54, 1.807) is 30.3 Å². The van der Waals surface area contributed by atoms with Gasteiger partial charge in [0.1, 0.15) is 5.75 Å². The molecular weight excluding hydrogens is 322 g/mol. The first-order valence-electron chi connectivity index (χ1n) is 8.51. The highest BCUT2D eigenvalue weighted by Gasteiger charge is 2.12. The molecule has 1 aromatic rings. The first-order chi connectivity index (χ1) is 12.0. The molecule has 0 saturated heterocycles. The van der Waals surface area contributed by atoms with Gasteiger partial charge >= 0.3 is 5.97 Å². The quantitative estimate of drug-likeness (QED) is 0.323. The molecule has 0 heterocycles. The highest BCUT2D eigenvalue weighted by molar-refractivity contribution is 5.87. The number of aromatic hydroxyl groups is 1. The Balaban J connectivity index is 2.25. The van der Waals surface area contributed by atoms with Gasteiger partial charge in [0.2, 0.25) is 5.91 Å². The highest BCUT2D eigenvalue weighted by Crippen LogP contribution is 2.17. The number of rotatable bonds is 11. The zero-order valence-corrected chi connectivity index (χ0v) is 14.6. The lowest BCUT2D eigenvalue weighted by molar-refractivity contribution is -0.141. The van der Waals surface area contributed by atoms with E-state index in [2.05, 4.69) is 5.32 Å². The molecule has 0 aliphatic heterocycles. The summed E-state index contributed by atoms with van der Waals surface area (Å²) in [5.41, 5.74) is 0.679. The molecule has 0 aromatic heterocycles.